The van der Waals surface area contributed by atoms with E-state index in [0.717, 1.165) is 16.1 Å². The van der Waals surface area contributed by atoms with E-state index < -0.39 is 28.5 Å². The molecule has 0 fully saturated rings. The molecule has 1 N–H and O–H groups in total. The zero-order chi connectivity index (χ0) is 24.1. The van der Waals surface area contributed by atoms with Gasteiger partial charge in [-0.25, -0.2) is 8.42 Å². The Morgan fingerprint density at radius 1 is 1.09 bits per heavy atom. The van der Waals surface area contributed by atoms with Crippen LogP contribution in [-0.2, 0) is 26.2 Å². The number of nitrogens with zero attached hydrogens (tertiary/aromatic N) is 2. The molecule has 8 nitrogen and oxygen atoms in total. The number of likely N-dealkylation sites (N-methyl/N-ethyl adjacent to an activating group) is 1. The Labute approximate surface area is 198 Å². The third kappa shape index (κ3) is 6.51. The molecule has 0 aliphatic carbocycles. The first-order valence-corrected chi connectivity index (χ1v) is 12.1. The van der Waals surface area contributed by atoms with Crippen LogP contribution >= 0.6 is 23.2 Å². The summed E-state index contributed by atoms with van der Waals surface area (Å²) in [5.41, 5.74) is 0.933. The van der Waals surface area contributed by atoms with Crippen LogP contribution in [0.2, 0.25) is 10.0 Å². The zero-order valence-corrected chi connectivity index (χ0v) is 20.5. The Bertz CT molecular complexity index is 1080. The molecule has 11 heteroatoms. The van der Waals surface area contributed by atoms with Crippen LogP contribution in [0.25, 0.3) is 0 Å². The van der Waals surface area contributed by atoms with E-state index in [1.165, 1.54) is 30.1 Å². The van der Waals surface area contributed by atoms with E-state index >= 15 is 0 Å². The molecule has 0 heterocycles. The standard InChI is InChI=1S/C21H25Cl2N3O5S/c1-14(21(28)24-2)25(12-15-5-8-17(31-3)9-6-15)20(27)13-26(32(4,29)30)16-7-10-18(22)19(23)11-16/h5-11,14H,12-13H2,1-4H3,(H,24,28). The van der Waals surface area contributed by atoms with E-state index in [2.05, 4.69) is 5.32 Å². The lowest BCUT2D eigenvalue weighted by Gasteiger charge is -2.31. The summed E-state index contributed by atoms with van der Waals surface area (Å²) < 4.78 is 31.0. The Kier molecular flexibility index (Phi) is 8.77. The summed E-state index contributed by atoms with van der Waals surface area (Å²) in [4.78, 5) is 26.9. The predicted octanol–water partition coefficient (Wildman–Crippen LogP) is 2.93. The number of rotatable bonds is 9. The molecule has 0 radical (unpaired) electrons. The van der Waals surface area contributed by atoms with Gasteiger partial charge in [-0.05, 0) is 42.8 Å². The van der Waals surface area contributed by atoms with Crippen molar-refractivity contribution in [2.45, 2.75) is 19.5 Å². The van der Waals surface area contributed by atoms with Crippen LogP contribution < -0.4 is 14.4 Å². The molecule has 174 valence electrons. The van der Waals surface area contributed by atoms with E-state index in [1.807, 2.05) is 0 Å². The van der Waals surface area contributed by atoms with Gasteiger partial charge in [-0.2, -0.15) is 0 Å². The van der Waals surface area contributed by atoms with Crippen molar-refractivity contribution < 1.29 is 22.7 Å². The van der Waals surface area contributed by atoms with Crippen molar-refractivity contribution in [2.24, 2.45) is 0 Å². The fourth-order valence-corrected chi connectivity index (χ4v) is 4.11. The van der Waals surface area contributed by atoms with Crippen molar-refractivity contribution >= 4 is 50.7 Å². The predicted molar refractivity (Wildman–Crippen MR) is 126 cm³/mol. The number of amides is 2. The first-order valence-electron chi connectivity index (χ1n) is 9.54. The minimum Gasteiger partial charge on any atom is -0.497 e. The van der Waals surface area contributed by atoms with Crippen LogP contribution in [-0.4, -0.2) is 58.1 Å². The average Bonchev–Trinajstić information content (AvgIpc) is 2.76. The SMILES string of the molecule is CNC(=O)C(C)N(Cc1ccc(OC)cc1)C(=O)CN(c1ccc(Cl)c(Cl)c1)S(C)(=O)=O. The van der Waals surface area contributed by atoms with E-state index in [4.69, 9.17) is 27.9 Å². The third-order valence-electron chi connectivity index (χ3n) is 4.80. The average molecular weight is 502 g/mol. The van der Waals surface area contributed by atoms with Crippen molar-refractivity contribution in [1.82, 2.24) is 10.2 Å². The topological polar surface area (TPSA) is 96.0 Å². The van der Waals surface area contributed by atoms with Crippen molar-refractivity contribution in [3.05, 3.63) is 58.1 Å². The Hall–Kier alpha value is -2.49. The molecule has 0 aliphatic rings. The number of hydrogen-bond acceptors (Lipinski definition) is 5. The van der Waals surface area contributed by atoms with Gasteiger partial charge in [0.15, 0.2) is 0 Å². The van der Waals surface area contributed by atoms with Gasteiger partial charge in [0, 0.05) is 13.6 Å². The molecule has 0 aromatic heterocycles. The molecule has 0 bridgehead atoms. The molecule has 2 aromatic rings. The third-order valence-corrected chi connectivity index (χ3v) is 6.68. The van der Waals surface area contributed by atoms with Gasteiger partial charge in [0.1, 0.15) is 18.3 Å². The van der Waals surface area contributed by atoms with Crippen molar-refractivity contribution in [3.8, 4) is 5.75 Å². The Balaban J connectivity index is 2.38. The molecule has 0 saturated carbocycles. The van der Waals surface area contributed by atoms with Crippen LogP contribution in [0.3, 0.4) is 0 Å². The van der Waals surface area contributed by atoms with Gasteiger partial charge in [0.05, 0.1) is 29.1 Å². The minimum absolute atomic E-state index is 0.0936. The Morgan fingerprint density at radius 2 is 1.72 bits per heavy atom. The minimum atomic E-state index is -3.84. The van der Waals surface area contributed by atoms with E-state index in [1.54, 1.807) is 38.3 Å². The first kappa shape index (κ1) is 25.8. The number of carbonyl (C=O) groups is 2. The van der Waals surface area contributed by atoms with Crippen LogP contribution in [0.1, 0.15) is 12.5 Å². The number of ether oxygens (including phenoxy) is 1. The van der Waals surface area contributed by atoms with E-state index in [0.29, 0.717) is 5.75 Å². The highest BCUT2D eigenvalue weighted by atomic mass is 35.5. The summed E-state index contributed by atoms with van der Waals surface area (Å²) in [5.74, 6) is -0.297. The largest absolute Gasteiger partial charge is 0.497 e. The molecule has 2 rings (SSSR count). The molecule has 2 aromatic carbocycles. The maximum absolute atomic E-state index is 13.3. The quantitative estimate of drug-likeness (QED) is 0.569. The van der Waals surface area contributed by atoms with Gasteiger partial charge < -0.3 is 15.0 Å². The lowest BCUT2D eigenvalue weighted by molar-refractivity contribution is -0.139. The second kappa shape index (κ2) is 10.9. The summed E-state index contributed by atoms with van der Waals surface area (Å²) >= 11 is 12.0. The second-order valence-electron chi connectivity index (χ2n) is 7.03. The highest BCUT2D eigenvalue weighted by molar-refractivity contribution is 7.92. The number of hydrogen-bond donors (Lipinski definition) is 1. The zero-order valence-electron chi connectivity index (χ0n) is 18.1. The lowest BCUT2D eigenvalue weighted by atomic mass is 10.1. The van der Waals surface area contributed by atoms with Crippen LogP contribution in [0.5, 0.6) is 5.75 Å². The highest BCUT2D eigenvalue weighted by Gasteiger charge is 2.29. The molecular formula is C21H25Cl2N3O5S. The molecular weight excluding hydrogens is 477 g/mol. The summed E-state index contributed by atoms with van der Waals surface area (Å²) in [6.45, 7) is 1.15. The van der Waals surface area contributed by atoms with Crippen LogP contribution in [0, 0.1) is 0 Å². The number of halogens is 2. The van der Waals surface area contributed by atoms with Crippen molar-refractivity contribution in [1.29, 1.82) is 0 Å². The summed E-state index contributed by atoms with van der Waals surface area (Å²) in [7, 11) is -0.834. The summed E-state index contributed by atoms with van der Waals surface area (Å²) in [6, 6.07) is 10.4. The van der Waals surface area contributed by atoms with Gasteiger partial charge in [0.2, 0.25) is 21.8 Å². The number of nitrogens with one attached hydrogen (secondary N) is 1. The number of methoxy groups -OCH3 is 1. The number of benzene rings is 2. The molecule has 1 atom stereocenters. The normalized spacial score (nSPS) is 12.1. The number of carbonyl (C=O) groups excluding carboxylic acids is 2. The highest BCUT2D eigenvalue weighted by Crippen LogP contribution is 2.28. The van der Waals surface area contributed by atoms with Crippen LogP contribution in [0.4, 0.5) is 5.69 Å². The summed E-state index contributed by atoms with van der Waals surface area (Å²) in [6.07, 6.45) is 0.985. The van der Waals surface area contributed by atoms with Gasteiger partial charge in [-0.15, -0.1) is 0 Å². The fourth-order valence-electron chi connectivity index (χ4n) is 2.97. The first-order chi connectivity index (χ1) is 15.0. The van der Waals surface area contributed by atoms with Crippen LogP contribution in [0.15, 0.2) is 42.5 Å². The number of sulfonamides is 1. The molecule has 2 amide bonds. The van der Waals surface area contributed by atoms with Gasteiger partial charge in [0.25, 0.3) is 0 Å². The Morgan fingerprint density at radius 3 is 2.22 bits per heavy atom. The van der Waals surface area contributed by atoms with Gasteiger partial charge in [-0.3, -0.25) is 13.9 Å². The van der Waals surface area contributed by atoms with E-state index in [9.17, 15) is 18.0 Å². The second-order valence-corrected chi connectivity index (χ2v) is 9.75. The van der Waals surface area contributed by atoms with Gasteiger partial charge >= 0.3 is 0 Å². The monoisotopic (exact) mass is 501 g/mol. The maximum Gasteiger partial charge on any atom is 0.244 e. The molecule has 0 spiro atoms. The molecule has 0 saturated heterocycles. The molecule has 1 unspecified atom stereocenters. The summed E-state index contributed by atoms with van der Waals surface area (Å²) in [5, 5.41) is 2.92. The fraction of sp³-hybridized carbons (Fsp3) is 0.333. The van der Waals surface area contributed by atoms with E-state index in [-0.39, 0.29) is 28.2 Å². The maximum atomic E-state index is 13.3. The van der Waals surface area contributed by atoms with Crippen molar-refractivity contribution in [3.63, 3.8) is 0 Å². The number of anilines is 1. The molecule has 0 aliphatic heterocycles. The molecule has 32 heavy (non-hydrogen) atoms. The lowest BCUT2D eigenvalue weighted by Crippen LogP contribution is -2.50. The van der Waals surface area contributed by atoms with Gasteiger partial charge in [-0.1, -0.05) is 35.3 Å². The smallest absolute Gasteiger partial charge is 0.244 e. The van der Waals surface area contributed by atoms with Crippen molar-refractivity contribution in [2.75, 3.05) is 31.3 Å².